The summed E-state index contributed by atoms with van der Waals surface area (Å²) in [5.41, 5.74) is 0. The molecule has 13 heavy (non-hydrogen) atoms. The molecule has 1 N–H and O–H groups in total. The maximum Gasteiger partial charge on any atom is 0.168 e. The Balaban J connectivity index is 2.46. The summed E-state index contributed by atoms with van der Waals surface area (Å²) in [6.07, 6.45) is 0.663. The molecule has 0 radical (unpaired) electrons. The number of rotatable bonds is 1. The van der Waals surface area contributed by atoms with E-state index in [2.05, 4.69) is 5.32 Å². The molecule has 6 heteroatoms. The molecule has 0 saturated carbocycles. The van der Waals surface area contributed by atoms with Gasteiger partial charge in [-0.05, 0) is 18.6 Å². The van der Waals surface area contributed by atoms with Crippen LogP contribution in [0.5, 0.6) is 0 Å². The quantitative estimate of drug-likeness (QED) is 0.612. The summed E-state index contributed by atoms with van der Waals surface area (Å²) < 4.78 is 22.2. The first-order chi connectivity index (χ1) is 5.91. The van der Waals surface area contributed by atoms with Crippen LogP contribution in [-0.2, 0) is 9.84 Å². The first kappa shape index (κ1) is 10.7. The molecule has 0 amide bonds. The molecule has 0 aromatic rings. The fourth-order valence-corrected chi connectivity index (χ4v) is 3.05. The van der Waals surface area contributed by atoms with Crippen LogP contribution >= 0.6 is 12.2 Å². The second kappa shape index (κ2) is 3.79. The third-order valence-electron chi connectivity index (χ3n) is 1.97. The van der Waals surface area contributed by atoms with E-state index >= 15 is 0 Å². The highest BCUT2D eigenvalue weighted by molar-refractivity contribution is 7.91. The van der Waals surface area contributed by atoms with Gasteiger partial charge in [0.1, 0.15) is 0 Å². The topological polar surface area (TPSA) is 49.4 Å². The number of nitrogens with zero attached hydrogens (tertiary/aromatic N) is 1. The van der Waals surface area contributed by atoms with Gasteiger partial charge in [0.2, 0.25) is 0 Å². The minimum Gasteiger partial charge on any atom is -0.359 e. The lowest BCUT2D eigenvalue weighted by molar-refractivity contribution is 0.565. The Morgan fingerprint density at radius 1 is 1.54 bits per heavy atom. The molecule has 1 heterocycles. The summed E-state index contributed by atoms with van der Waals surface area (Å²) in [7, 11) is 0.857. The Kier molecular flexibility index (Phi) is 3.13. The van der Waals surface area contributed by atoms with Gasteiger partial charge in [0.25, 0.3) is 0 Å². The van der Waals surface area contributed by atoms with Crippen LogP contribution in [0.4, 0.5) is 0 Å². The van der Waals surface area contributed by atoms with Crippen LogP contribution in [-0.4, -0.2) is 50.1 Å². The Labute approximate surface area is 84.2 Å². The zero-order valence-corrected chi connectivity index (χ0v) is 9.41. The van der Waals surface area contributed by atoms with Gasteiger partial charge in [0.05, 0.1) is 11.5 Å². The van der Waals surface area contributed by atoms with Crippen LogP contribution in [0.1, 0.15) is 6.42 Å². The fourth-order valence-electron chi connectivity index (χ4n) is 1.21. The van der Waals surface area contributed by atoms with Crippen LogP contribution in [0.3, 0.4) is 0 Å². The van der Waals surface area contributed by atoms with E-state index in [0.29, 0.717) is 11.5 Å². The second-order valence-corrected chi connectivity index (χ2v) is 6.06. The van der Waals surface area contributed by atoms with E-state index in [1.165, 1.54) is 0 Å². The summed E-state index contributed by atoms with van der Waals surface area (Å²) in [5.74, 6) is 0.488. The van der Waals surface area contributed by atoms with Crippen molar-refractivity contribution in [1.29, 1.82) is 0 Å². The van der Waals surface area contributed by atoms with Crippen molar-refractivity contribution < 1.29 is 8.42 Å². The molecule has 76 valence electrons. The highest BCUT2D eigenvalue weighted by Gasteiger charge is 2.28. The Bertz CT molecular complexity index is 298. The van der Waals surface area contributed by atoms with Crippen LogP contribution in [0.2, 0.25) is 0 Å². The molecule has 1 atom stereocenters. The number of sulfone groups is 1. The molecule has 0 aromatic heterocycles. The van der Waals surface area contributed by atoms with Crippen LogP contribution < -0.4 is 5.32 Å². The Hall–Kier alpha value is -0.360. The van der Waals surface area contributed by atoms with Crippen molar-refractivity contribution in [3.05, 3.63) is 0 Å². The van der Waals surface area contributed by atoms with E-state index in [1.807, 2.05) is 14.1 Å². The maximum absolute atomic E-state index is 11.1. The van der Waals surface area contributed by atoms with Crippen LogP contribution in [0, 0.1) is 0 Å². The summed E-state index contributed by atoms with van der Waals surface area (Å²) in [6.45, 7) is 0. The average Bonchev–Trinajstić information content (AvgIpc) is 2.30. The molecule has 0 spiro atoms. The normalized spacial score (nSPS) is 25.5. The number of thiocarbonyl (C=S) groups is 1. The molecule has 1 fully saturated rings. The number of hydrogen-bond donors (Lipinski definition) is 1. The molecule has 0 aliphatic carbocycles. The average molecular weight is 222 g/mol. The van der Waals surface area contributed by atoms with Crippen molar-refractivity contribution in [2.24, 2.45) is 0 Å². The molecular weight excluding hydrogens is 208 g/mol. The van der Waals surface area contributed by atoms with Gasteiger partial charge >= 0.3 is 0 Å². The van der Waals surface area contributed by atoms with E-state index in [4.69, 9.17) is 12.2 Å². The van der Waals surface area contributed by atoms with E-state index in [1.54, 1.807) is 4.90 Å². The van der Waals surface area contributed by atoms with Crippen LogP contribution in [0.25, 0.3) is 0 Å². The SMILES string of the molecule is CN(C)C(=S)N[C@H]1CCS(=O)(=O)C1. The second-order valence-electron chi connectivity index (χ2n) is 3.44. The zero-order chi connectivity index (χ0) is 10.1. The summed E-state index contributed by atoms with van der Waals surface area (Å²) in [4.78, 5) is 1.76. The van der Waals surface area contributed by atoms with Gasteiger partial charge in [-0.25, -0.2) is 8.42 Å². The molecule has 1 saturated heterocycles. The predicted molar refractivity (Wildman–Crippen MR) is 56.5 cm³/mol. The molecule has 1 rings (SSSR count). The third kappa shape index (κ3) is 3.11. The minimum absolute atomic E-state index is 0.0000926. The van der Waals surface area contributed by atoms with Gasteiger partial charge in [-0.1, -0.05) is 0 Å². The van der Waals surface area contributed by atoms with Crippen molar-refractivity contribution in [2.45, 2.75) is 12.5 Å². The minimum atomic E-state index is -2.81. The van der Waals surface area contributed by atoms with Crippen molar-refractivity contribution >= 4 is 27.2 Å². The fraction of sp³-hybridized carbons (Fsp3) is 0.857. The van der Waals surface area contributed by atoms with Gasteiger partial charge < -0.3 is 10.2 Å². The van der Waals surface area contributed by atoms with Crippen molar-refractivity contribution in [1.82, 2.24) is 10.2 Å². The smallest absolute Gasteiger partial charge is 0.168 e. The van der Waals surface area contributed by atoms with Crippen molar-refractivity contribution in [3.8, 4) is 0 Å². The van der Waals surface area contributed by atoms with E-state index < -0.39 is 9.84 Å². The summed E-state index contributed by atoms with van der Waals surface area (Å²) >= 11 is 5.01. The highest BCUT2D eigenvalue weighted by atomic mass is 32.2. The summed E-state index contributed by atoms with van der Waals surface area (Å²) in [6, 6.07) is -0.0000926. The molecule has 1 aliphatic rings. The van der Waals surface area contributed by atoms with Crippen molar-refractivity contribution in [3.63, 3.8) is 0 Å². The zero-order valence-electron chi connectivity index (χ0n) is 7.78. The molecular formula is C7H14N2O2S2. The molecule has 0 bridgehead atoms. The predicted octanol–water partition coefficient (Wildman–Crippen LogP) is -0.390. The van der Waals surface area contributed by atoms with Gasteiger partial charge in [0, 0.05) is 20.1 Å². The van der Waals surface area contributed by atoms with Crippen molar-refractivity contribution in [2.75, 3.05) is 25.6 Å². The first-order valence-electron chi connectivity index (χ1n) is 4.09. The first-order valence-corrected chi connectivity index (χ1v) is 6.32. The number of hydrogen-bond acceptors (Lipinski definition) is 3. The molecule has 4 nitrogen and oxygen atoms in total. The largest absolute Gasteiger partial charge is 0.359 e. The maximum atomic E-state index is 11.1. The van der Waals surface area contributed by atoms with E-state index in [9.17, 15) is 8.42 Å². The molecule has 1 aliphatic heterocycles. The number of nitrogens with one attached hydrogen (secondary N) is 1. The highest BCUT2D eigenvalue weighted by Crippen LogP contribution is 2.11. The lowest BCUT2D eigenvalue weighted by Gasteiger charge is -2.18. The molecule has 0 unspecified atom stereocenters. The lowest BCUT2D eigenvalue weighted by atomic mass is 10.3. The van der Waals surface area contributed by atoms with Gasteiger partial charge in [-0.15, -0.1) is 0 Å². The van der Waals surface area contributed by atoms with Gasteiger partial charge in [0.15, 0.2) is 14.9 Å². The van der Waals surface area contributed by atoms with Crippen LogP contribution in [0.15, 0.2) is 0 Å². The van der Waals surface area contributed by atoms with E-state index in [0.717, 1.165) is 0 Å². The Morgan fingerprint density at radius 2 is 2.15 bits per heavy atom. The van der Waals surface area contributed by atoms with Gasteiger partial charge in [-0.2, -0.15) is 0 Å². The summed E-state index contributed by atoms with van der Waals surface area (Å²) in [5, 5.41) is 3.61. The van der Waals surface area contributed by atoms with E-state index in [-0.39, 0.29) is 17.5 Å². The lowest BCUT2D eigenvalue weighted by Crippen LogP contribution is -2.41. The standard InChI is InChI=1S/C7H14N2O2S2/c1-9(2)7(12)8-6-3-4-13(10,11)5-6/h6H,3-5H2,1-2H3,(H,8,12)/t6-/m0/s1. The Morgan fingerprint density at radius 3 is 2.54 bits per heavy atom. The molecule has 0 aromatic carbocycles. The monoisotopic (exact) mass is 222 g/mol. The van der Waals surface area contributed by atoms with Gasteiger partial charge in [-0.3, -0.25) is 0 Å². The third-order valence-corrected chi connectivity index (χ3v) is 4.22.